The molecule has 0 radical (unpaired) electrons. The minimum atomic E-state index is -0.840. The number of carbonyl (C=O) groups is 2. The van der Waals surface area contributed by atoms with Gasteiger partial charge in [0.2, 0.25) is 0 Å². The van der Waals surface area contributed by atoms with Crippen LogP contribution >= 0.6 is 12.4 Å². The fourth-order valence-electron chi connectivity index (χ4n) is 2.08. The highest BCUT2D eigenvalue weighted by Gasteiger charge is 2.39. The molecule has 22 heavy (non-hydrogen) atoms. The summed E-state index contributed by atoms with van der Waals surface area (Å²) >= 11 is 0. The van der Waals surface area contributed by atoms with Gasteiger partial charge in [0.15, 0.2) is 11.6 Å². The van der Waals surface area contributed by atoms with E-state index >= 15 is 0 Å². The van der Waals surface area contributed by atoms with Crippen LogP contribution in [-0.2, 0) is 0 Å². The molecule has 1 aromatic carbocycles. The summed E-state index contributed by atoms with van der Waals surface area (Å²) in [5.74, 6) is -2.30. The molecule has 0 bridgehead atoms. The zero-order valence-electron chi connectivity index (χ0n) is 11.4. The number of hydrazine groups is 1. The smallest absolute Gasteiger partial charge is 0.283 e. The molecule has 0 saturated heterocycles. The molecular weight excluding hydrogens is 313 g/mol. The van der Waals surface area contributed by atoms with E-state index in [0.29, 0.717) is 5.69 Å². The van der Waals surface area contributed by atoms with E-state index in [2.05, 4.69) is 10.4 Å². The van der Waals surface area contributed by atoms with Gasteiger partial charge in [0.05, 0.1) is 23.9 Å². The monoisotopic (exact) mass is 323 g/mol. The Kier molecular flexibility index (Phi) is 4.27. The Morgan fingerprint density at radius 1 is 1.14 bits per heavy atom. The first-order valence-electron chi connectivity index (χ1n) is 6.05. The van der Waals surface area contributed by atoms with E-state index in [1.165, 1.54) is 31.6 Å². The number of benzene rings is 1. The number of pyridine rings is 1. The second-order valence-corrected chi connectivity index (χ2v) is 4.30. The number of aromatic nitrogens is 1. The second kappa shape index (κ2) is 5.98. The highest BCUT2D eigenvalue weighted by Crippen LogP contribution is 2.30. The largest absolute Gasteiger partial charge is 0.494 e. The van der Waals surface area contributed by atoms with Crippen molar-refractivity contribution >= 4 is 29.9 Å². The Labute approximate surface area is 131 Å². The molecule has 1 aliphatic rings. The zero-order valence-corrected chi connectivity index (χ0v) is 12.2. The maximum absolute atomic E-state index is 14.1. The molecule has 2 aromatic rings. The number of rotatable bonds is 3. The van der Waals surface area contributed by atoms with Crippen LogP contribution in [0.3, 0.4) is 0 Å². The molecule has 0 atom stereocenters. The minimum Gasteiger partial charge on any atom is -0.494 e. The van der Waals surface area contributed by atoms with Gasteiger partial charge >= 0.3 is 0 Å². The topological polar surface area (TPSA) is 71.5 Å². The van der Waals surface area contributed by atoms with E-state index in [4.69, 9.17) is 4.74 Å². The number of halogens is 2. The first-order chi connectivity index (χ1) is 10.1. The summed E-state index contributed by atoms with van der Waals surface area (Å²) in [4.78, 5) is 28.2. The molecule has 8 heteroatoms. The summed E-state index contributed by atoms with van der Waals surface area (Å²) < 4.78 is 19.0. The van der Waals surface area contributed by atoms with Crippen LogP contribution in [0.1, 0.15) is 20.7 Å². The van der Waals surface area contributed by atoms with Crippen LogP contribution in [-0.4, -0.2) is 28.9 Å². The predicted molar refractivity (Wildman–Crippen MR) is 78.6 cm³/mol. The number of carbonyl (C=O) groups excluding carboxylic acids is 2. The SMILES string of the molecule is COc1ccc2c(c1F)C(=O)N(Nc1ccncc1)C2=O.Cl. The summed E-state index contributed by atoms with van der Waals surface area (Å²) in [6, 6.07) is 5.85. The Balaban J connectivity index is 0.00000176. The molecule has 0 spiro atoms. The third kappa shape index (κ3) is 2.35. The molecule has 0 saturated carbocycles. The molecule has 3 rings (SSSR count). The van der Waals surface area contributed by atoms with Gasteiger partial charge in [-0.05, 0) is 24.3 Å². The normalized spacial score (nSPS) is 12.7. The quantitative estimate of drug-likeness (QED) is 0.877. The van der Waals surface area contributed by atoms with E-state index in [9.17, 15) is 14.0 Å². The summed E-state index contributed by atoms with van der Waals surface area (Å²) in [7, 11) is 1.29. The maximum atomic E-state index is 14.1. The average Bonchev–Trinajstić information content (AvgIpc) is 2.74. The number of anilines is 1. The second-order valence-electron chi connectivity index (χ2n) is 4.30. The van der Waals surface area contributed by atoms with Crippen molar-refractivity contribution in [3.05, 3.63) is 53.6 Å². The lowest BCUT2D eigenvalue weighted by Crippen LogP contribution is -2.35. The molecule has 114 valence electrons. The lowest BCUT2D eigenvalue weighted by molar-refractivity contribution is 0.0690. The van der Waals surface area contributed by atoms with Crippen LogP contribution in [0.15, 0.2) is 36.7 Å². The number of imide groups is 1. The molecule has 6 nitrogen and oxygen atoms in total. The van der Waals surface area contributed by atoms with Crippen molar-refractivity contribution in [1.29, 1.82) is 0 Å². The fraction of sp³-hybridized carbons (Fsp3) is 0.0714. The Morgan fingerprint density at radius 2 is 1.82 bits per heavy atom. The molecule has 0 unspecified atom stereocenters. The van der Waals surface area contributed by atoms with Gasteiger partial charge in [-0.2, -0.15) is 5.01 Å². The Morgan fingerprint density at radius 3 is 2.45 bits per heavy atom. The number of ether oxygens (including phenoxy) is 1. The standard InChI is InChI=1S/C14H10FN3O3.ClH/c1-21-10-3-2-9-11(12(10)15)14(20)18(13(9)19)17-8-4-6-16-7-5-8;/h2-7H,1H3,(H,16,17);1H. The van der Waals surface area contributed by atoms with Crippen LogP contribution in [0.25, 0.3) is 0 Å². The third-order valence-electron chi connectivity index (χ3n) is 3.10. The van der Waals surface area contributed by atoms with Gasteiger partial charge in [0, 0.05) is 12.4 Å². The molecule has 1 aliphatic heterocycles. The van der Waals surface area contributed by atoms with Crippen LogP contribution in [0.2, 0.25) is 0 Å². The van der Waals surface area contributed by atoms with Gasteiger partial charge in [-0.3, -0.25) is 20.0 Å². The summed E-state index contributed by atoms with van der Waals surface area (Å²) in [5, 5.41) is 0.766. The van der Waals surface area contributed by atoms with Crippen molar-refractivity contribution in [2.24, 2.45) is 0 Å². The number of hydrogen-bond acceptors (Lipinski definition) is 5. The number of hydrogen-bond donors (Lipinski definition) is 1. The Bertz CT molecular complexity index is 740. The first kappa shape index (κ1) is 15.7. The molecular formula is C14H11ClFN3O3. The molecule has 0 aliphatic carbocycles. The predicted octanol–water partition coefficient (Wildman–Crippen LogP) is 2.27. The molecule has 1 aromatic heterocycles. The van der Waals surface area contributed by atoms with E-state index < -0.39 is 17.6 Å². The fourth-order valence-corrected chi connectivity index (χ4v) is 2.08. The van der Waals surface area contributed by atoms with E-state index in [-0.39, 0.29) is 29.3 Å². The summed E-state index contributed by atoms with van der Waals surface area (Å²) in [6.45, 7) is 0. The third-order valence-corrected chi connectivity index (χ3v) is 3.10. The van der Waals surface area contributed by atoms with Crippen molar-refractivity contribution in [1.82, 2.24) is 9.99 Å². The van der Waals surface area contributed by atoms with E-state index in [1.807, 2.05) is 0 Å². The molecule has 1 N–H and O–H groups in total. The summed E-state index contributed by atoms with van der Waals surface area (Å²) in [6.07, 6.45) is 3.01. The zero-order chi connectivity index (χ0) is 15.0. The van der Waals surface area contributed by atoms with Crippen molar-refractivity contribution in [2.45, 2.75) is 0 Å². The minimum absolute atomic E-state index is 0. The van der Waals surface area contributed by atoms with E-state index in [0.717, 1.165) is 5.01 Å². The van der Waals surface area contributed by atoms with Gasteiger partial charge in [-0.1, -0.05) is 0 Å². The first-order valence-corrected chi connectivity index (χ1v) is 6.05. The summed E-state index contributed by atoms with van der Waals surface area (Å²) in [5.41, 5.74) is 2.84. The van der Waals surface area contributed by atoms with Gasteiger partial charge < -0.3 is 4.74 Å². The molecule has 2 heterocycles. The number of nitrogens with one attached hydrogen (secondary N) is 1. The van der Waals surface area contributed by atoms with Gasteiger partial charge in [-0.15, -0.1) is 12.4 Å². The van der Waals surface area contributed by atoms with Crippen molar-refractivity contribution in [2.75, 3.05) is 12.5 Å². The van der Waals surface area contributed by atoms with Gasteiger partial charge in [-0.25, -0.2) is 4.39 Å². The van der Waals surface area contributed by atoms with Gasteiger partial charge in [0.25, 0.3) is 11.8 Å². The van der Waals surface area contributed by atoms with Crippen LogP contribution in [0.5, 0.6) is 5.75 Å². The average molecular weight is 324 g/mol. The van der Waals surface area contributed by atoms with Gasteiger partial charge in [0.1, 0.15) is 0 Å². The van der Waals surface area contributed by atoms with E-state index in [1.54, 1.807) is 12.1 Å². The van der Waals surface area contributed by atoms with Crippen molar-refractivity contribution in [3.8, 4) is 5.75 Å². The Hall–Kier alpha value is -2.67. The number of fused-ring (bicyclic) bond motifs is 1. The lowest BCUT2D eigenvalue weighted by atomic mass is 10.1. The van der Waals surface area contributed by atoms with Crippen LogP contribution in [0.4, 0.5) is 10.1 Å². The van der Waals surface area contributed by atoms with Crippen molar-refractivity contribution < 1.29 is 18.7 Å². The number of nitrogens with zero attached hydrogens (tertiary/aromatic N) is 2. The number of amides is 2. The maximum Gasteiger partial charge on any atom is 0.283 e. The number of methoxy groups -OCH3 is 1. The lowest BCUT2D eigenvalue weighted by Gasteiger charge is -2.15. The van der Waals surface area contributed by atoms with Crippen LogP contribution in [0, 0.1) is 5.82 Å². The molecule has 0 fully saturated rings. The highest BCUT2D eigenvalue weighted by molar-refractivity contribution is 6.22. The van der Waals surface area contributed by atoms with Crippen LogP contribution < -0.4 is 10.2 Å². The highest BCUT2D eigenvalue weighted by atomic mass is 35.5. The molecule has 2 amide bonds. The van der Waals surface area contributed by atoms with Crippen molar-refractivity contribution in [3.63, 3.8) is 0 Å².